The molecule has 6 nitrogen and oxygen atoms in total. The molecule has 25 heavy (non-hydrogen) atoms. The zero-order valence-electron chi connectivity index (χ0n) is 14.6. The smallest absolute Gasteiger partial charge is 0.325 e. The lowest BCUT2D eigenvalue weighted by Crippen LogP contribution is -2.54. The number of rotatable bonds is 6. The predicted molar refractivity (Wildman–Crippen MR) is 92.7 cm³/mol. The number of imide groups is 1. The van der Waals surface area contributed by atoms with E-state index in [4.69, 9.17) is 4.74 Å². The first-order valence-corrected chi connectivity index (χ1v) is 8.97. The minimum atomic E-state index is -0.896. The van der Waals surface area contributed by atoms with Crippen LogP contribution in [0.25, 0.3) is 0 Å². The van der Waals surface area contributed by atoms with E-state index in [0.29, 0.717) is 13.0 Å². The molecule has 1 aromatic carbocycles. The van der Waals surface area contributed by atoms with Gasteiger partial charge in [-0.05, 0) is 24.3 Å². The quantitative estimate of drug-likeness (QED) is 0.773. The number of benzene rings is 1. The van der Waals surface area contributed by atoms with Crippen molar-refractivity contribution in [2.45, 2.75) is 50.9 Å². The minimum absolute atomic E-state index is 0.0338. The lowest BCUT2D eigenvalue weighted by Gasteiger charge is -2.36. The first-order valence-electron chi connectivity index (χ1n) is 8.97. The Labute approximate surface area is 148 Å². The molecular weight excluding hydrogens is 320 g/mol. The molecule has 0 unspecified atom stereocenters. The lowest BCUT2D eigenvalue weighted by molar-refractivity contribution is -0.135. The molecule has 3 amide bonds. The first-order chi connectivity index (χ1) is 12.0. The van der Waals surface area contributed by atoms with Crippen molar-refractivity contribution in [3.63, 3.8) is 0 Å². The SMILES string of the molecule is C[C@@H]1CCCC[C@]12NC(=O)N(C[C@H](O)COCc1ccccc1)C2=O. The van der Waals surface area contributed by atoms with Crippen molar-refractivity contribution in [1.82, 2.24) is 10.2 Å². The molecule has 1 aliphatic carbocycles. The third kappa shape index (κ3) is 3.70. The van der Waals surface area contributed by atoms with Crippen LogP contribution >= 0.6 is 0 Å². The summed E-state index contributed by atoms with van der Waals surface area (Å²) in [6.45, 7) is 2.45. The van der Waals surface area contributed by atoms with E-state index in [1.807, 2.05) is 37.3 Å². The number of amides is 3. The van der Waals surface area contributed by atoms with Crippen LogP contribution in [-0.2, 0) is 16.1 Å². The van der Waals surface area contributed by atoms with Crippen LogP contribution in [0.1, 0.15) is 38.2 Å². The highest BCUT2D eigenvalue weighted by molar-refractivity contribution is 6.07. The maximum absolute atomic E-state index is 12.8. The van der Waals surface area contributed by atoms with Crippen LogP contribution in [0.3, 0.4) is 0 Å². The van der Waals surface area contributed by atoms with Gasteiger partial charge in [0.15, 0.2) is 0 Å². The number of carbonyl (C=O) groups is 2. The van der Waals surface area contributed by atoms with Crippen LogP contribution in [0, 0.1) is 5.92 Å². The van der Waals surface area contributed by atoms with Gasteiger partial charge in [0.2, 0.25) is 0 Å². The van der Waals surface area contributed by atoms with Crippen molar-refractivity contribution < 1.29 is 19.4 Å². The number of carbonyl (C=O) groups excluding carboxylic acids is 2. The van der Waals surface area contributed by atoms with Gasteiger partial charge >= 0.3 is 6.03 Å². The summed E-state index contributed by atoms with van der Waals surface area (Å²) in [5, 5.41) is 13.1. The highest BCUT2D eigenvalue weighted by Gasteiger charge is 2.54. The molecule has 0 aromatic heterocycles. The summed E-state index contributed by atoms with van der Waals surface area (Å²) in [6.07, 6.45) is 2.74. The number of urea groups is 1. The van der Waals surface area contributed by atoms with E-state index in [0.717, 1.165) is 29.7 Å². The molecule has 1 saturated heterocycles. The van der Waals surface area contributed by atoms with E-state index >= 15 is 0 Å². The van der Waals surface area contributed by atoms with Gasteiger partial charge in [0.05, 0.1) is 25.9 Å². The molecule has 1 spiro atoms. The third-order valence-corrected chi connectivity index (χ3v) is 5.32. The fraction of sp³-hybridized carbons (Fsp3) is 0.579. The molecule has 2 fully saturated rings. The van der Waals surface area contributed by atoms with Gasteiger partial charge in [0.25, 0.3) is 5.91 Å². The molecule has 2 N–H and O–H groups in total. The third-order valence-electron chi connectivity index (χ3n) is 5.32. The maximum Gasteiger partial charge on any atom is 0.325 e. The number of aliphatic hydroxyl groups is 1. The summed E-state index contributed by atoms with van der Waals surface area (Å²) >= 11 is 0. The largest absolute Gasteiger partial charge is 0.389 e. The van der Waals surface area contributed by atoms with Crippen LogP contribution < -0.4 is 5.32 Å². The van der Waals surface area contributed by atoms with E-state index < -0.39 is 17.7 Å². The number of β-amino-alcohol motifs (C(OH)–C–C–N with tert-alkyl or cyclic N) is 1. The van der Waals surface area contributed by atoms with Crippen LogP contribution in [0.5, 0.6) is 0 Å². The van der Waals surface area contributed by atoms with Gasteiger partial charge in [-0.1, -0.05) is 50.1 Å². The predicted octanol–water partition coefficient (Wildman–Crippen LogP) is 2.06. The second-order valence-corrected chi connectivity index (χ2v) is 7.12. The van der Waals surface area contributed by atoms with Crippen LogP contribution in [0.4, 0.5) is 4.79 Å². The highest BCUT2D eigenvalue weighted by Crippen LogP contribution is 2.38. The molecule has 1 heterocycles. The molecule has 6 heteroatoms. The van der Waals surface area contributed by atoms with Crippen LogP contribution in [0.15, 0.2) is 30.3 Å². The summed E-state index contributed by atoms with van der Waals surface area (Å²) in [6, 6.07) is 9.26. The summed E-state index contributed by atoms with van der Waals surface area (Å²) in [7, 11) is 0. The average molecular weight is 346 g/mol. The second-order valence-electron chi connectivity index (χ2n) is 7.12. The van der Waals surface area contributed by atoms with Crippen molar-refractivity contribution in [1.29, 1.82) is 0 Å². The van der Waals surface area contributed by atoms with Gasteiger partial charge in [-0.25, -0.2) is 4.79 Å². The second kappa shape index (κ2) is 7.54. The molecule has 1 aliphatic heterocycles. The number of aliphatic hydroxyl groups excluding tert-OH is 1. The summed E-state index contributed by atoms with van der Waals surface area (Å²) in [5.74, 6) is -0.0824. The zero-order valence-corrected chi connectivity index (χ0v) is 14.6. The monoisotopic (exact) mass is 346 g/mol. The fourth-order valence-electron chi connectivity index (χ4n) is 3.81. The van der Waals surface area contributed by atoms with E-state index in [1.165, 1.54) is 0 Å². The maximum atomic E-state index is 12.8. The first kappa shape index (κ1) is 17.9. The normalized spacial score (nSPS) is 27.6. The van der Waals surface area contributed by atoms with E-state index in [9.17, 15) is 14.7 Å². The number of hydrogen-bond acceptors (Lipinski definition) is 4. The molecular formula is C19H26N2O4. The molecule has 0 radical (unpaired) electrons. The van der Waals surface area contributed by atoms with Crippen molar-refractivity contribution in [3.05, 3.63) is 35.9 Å². The Hall–Kier alpha value is -1.92. The topological polar surface area (TPSA) is 78.9 Å². The van der Waals surface area contributed by atoms with Gasteiger partial charge in [0.1, 0.15) is 5.54 Å². The summed E-state index contributed by atoms with van der Waals surface area (Å²) < 4.78 is 5.50. The minimum Gasteiger partial charge on any atom is -0.389 e. The number of nitrogens with zero attached hydrogens (tertiary/aromatic N) is 1. The average Bonchev–Trinajstić information content (AvgIpc) is 2.84. The van der Waals surface area contributed by atoms with Gasteiger partial charge < -0.3 is 15.2 Å². The molecule has 1 saturated carbocycles. The Morgan fingerprint density at radius 2 is 2.08 bits per heavy atom. The van der Waals surface area contributed by atoms with Crippen molar-refractivity contribution in [2.75, 3.05) is 13.2 Å². The van der Waals surface area contributed by atoms with Crippen molar-refractivity contribution in [2.24, 2.45) is 5.92 Å². The van der Waals surface area contributed by atoms with E-state index in [2.05, 4.69) is 5.32 Å². The Morgan fingerprint density at radius 1 is 1.32 bits per heavy atom. The number of ether oxygens (including phenoxy) is 1. The zero-order chi connectivity index (χ0) is 17.9. The number of nitrogens with one attached hydrogen (secondary N) is 1. The molecule has 136 valence electrons. The van der Waals surface area contributed by atoms with Crippen molar-refractivity contribution >= 4 is 11.9 Å². The Bertz CT molecular complexity index is 621. The van der Waals surface area contributed by atoms with Gasteiger partial charge in [0, 0.05) is 0 Å². The molecule has 3 rings (SSSR count). The van der Waals surface area contributed by atoms with Crippen LogP contribution in [-0.4, -0.2) is 46.7 Å². The Kier molecular flexibility index (Phi) is 5.39. The highest BCUT2D eigenvalue weighted by atomic mass is 16.5. The Balaban J connectivity index is 1.53. The van der Waals surface area contributed by atoms with Crippen molar-refractivity contribution in [3.8, 4) is 0 Å². The lowest BCUT2D eigenvalue weighted by atomic mass is 9.73. The Morgan fingerprint density at radius 3 is 2.80 bits per heavy atom. The van der Waals surface area contributed by atoms with E-state index in [1.54, 1.807) is 0 Å². The van der Waals surface area contributed by atoms with Gasteiger partial charge in [-0.3, -0.25) is 9.69 Å². The summed E-state index contributed by atoms with van der Waals surface area (Å²) in [4.78, 5) is 26.3. The standard InChI is InChI=1S/C19H26N2O4/c1-14-7-5-6-10-19(14)17(23)21(18(24)20-19)11-16(22)13-25-12-15-8-3-2-4-9-15/h2-4,8-9,14,16,22H,5-7,10-13H2,1H3,(H,20,24)/t14-,16+,19+/m1/s1. The van der Waals surface area contributed by atoms with Gasteiger partial charge in [-0.2, -0.15) is 0 Å². The fourth-order valence-corrected chi connectivity index (χ4v) is 3.81. The number of hydrogen-bond donors (Lipinski definition) is 2. The molecule has 2 aliphatic rings. The molecule has 3 atom stereocenters. The molecule has 1 aromatic rings. The summed E-state index contributed by atoms with van der Waals surface area (Å²) in [5.41, 5.74) is 0.236. The van der Waals surface area contributed by atoms with Crippen LogP contribution in [0.2, 0.25) is 0 Å². The van der Waals surface area contributed by atoms with Gasteiger partial charge in [-0.15, -0.1) is 0 Å². The molecule has 0 bridgehead atoms. The van der Waals surface area contributed by atoms with E-state index in [-0.39, 0.29) is 25.0 Å².